The number of hydrogen-bond donors (Lipinski definition) is 3. The first-order chi connectivity index (χ1) is 13.4. The fourth-order valence-corrected chi connectivity index (χ4v) is 3.95. The monoisotopic (exact) mass is 400 g/mol. The predicted octanol–water partition coefficient (Wildman–Crippen LogP) is 1.72. The number of carbonyl (C=O) groups excluding carboxylic acids is 1. The highest BCUT2D eigenvalue weighted by Crippen LogP contribution is 2.23. The zero-order valence-corrected chi connectivity index (χ0v) is 15.3. The van der Waals surface area contributed by atoms with Crippen LogP contribution in [0, 0.1) is 0 Å². The Morgan fingerprint density at radius 2 is 1.93 bits per heavy atom. The highest BCUT2D eigenvalue weighted by molar-refractivity contribution is 7.89. The SMILES string of the molecule is O=C(Nc1cccc(-c2noc(=O)[nH]2)c1)c1cccc(S(=O)(=O)NC2CC2)c1. The summed E-state index contributed by atoms with van der Waals surface area (Å²) < 4.78 is 31.7. The number of carbonyl (C=O) groups is 1. The van der Waals surface area contributed by atoms with Gasteiger partial charge in [0.05, 0.1) is 4.90 Å². The first kappa shape index (κ1) is 18.1. The van der Waals surface area contributed by atoms with Gasteiger partial charge >= 0.3 is 5.76 Å². The fraction of sp³-hybridized carbons (Fsp3) is 0.167. The zero-order valence-electron chi connectivity index (χ0n) is 14.5. The number of aromatic amines is 1. The van der Waals surface area contributed by atoms with Gasteiger partial charge in [-0.2, -0.15) is 0 Å². The predicted molar refractivity (Wildman–Crippen MR) is 100 cm³/mol. The third kappa shape index (κ3) is 4.02. The molecule has 0 spiro atoms. The van der Waals surface area contributed by atoms with Gasteiger partial charge in [0, 0.05) is 22.9 Å². The molecule has 1 fully saturated rings. The van der Waals surface area contributed by atoms with Crippen molar-refractivity contribution in [3.8, 4) is 11.4 Å². The van der Waals surface area contributed by atoms with Crippen molar-refractivity contribution in [3.05, 3.63) is 64.6 Å². The topological polar surface area (TPSA) is 134 Å². The summed E-state index contributed by atoms with van der Waals surface area (Å²) in [6, 6.07) is 12.5. The molecule has 4 rings (SSSR count). The molecule has 1 saturated carbocycles. The van der Waals surface area contributed by atoms with Crippen molar-refractivity contribution in [2.75, 3.05) is 5.32 Å². The molecule has 10 heteroatoms. The molecule has 144 valence electrons. The molecular formula is C18H16N4O5S. The average Bonchev–Trinajstić information content (AvgIpc) is 3.37. The molecule has 28 heavy (non-hydrogen) atoms. The van der Waals surface area contributed by atoms with E-state index in [0.717, 1.165) is 12.8 Å². The molecule has 3 N–H and O–H groups in total. The van der Waals surface area contributed by atoms with Crippen molar-refractivity contribution in [1.82, 2.24) is 14.9 Å². The lowest BCUT2D eigenvalue weighted by molar-refractivity contribution is 0.102. The van der Waals surface area contributed by atoms with E-state index in [0.29, 0.717) is 11.3 Å². The van der Waals surface area contributed by atoms with E-state index in [2.05, 4.69) is 24.7 Å². The Bertz CT molecular complexity index is 1190. The van der Waals surface area contributed by atoms with Gasteiger partial charge in [0.25, 0.3) is 5.91 Å². The lowest BCUT2D eigenvalue weighted by Gasteiger charge is -2.09. The van der Waals surface area contributed by atoms with Crippen molar-refractivity contribution in [3.63, 3.8) is 0 Å². The number of nitrogens with zero attached hydrogens (tertiary/aromatic N) is 1. The Labute approximate surface area is 159 Å². The Balaban J connectivity index is 1.54. The molecule has 0 atom stereocenters. The largest absolute Gasteiger partial charge is 0.439 e. The van der Waals surface area contributed by atoms with Crippen LogP contribution in [0.5, 0.6) is 0 Å². The summed E-state index contributed by atoms with van der Waals surface area (Å²) in [6.45, 7) is 0. The van der Waals surface area contributed by atoms with Crippen molar-refractivity contribution in [2.45, 2.75) is 23.8 Å². The van der Waals surface area contributed by atoms with Crippen LogP contribution in [0.4, 0.5) is 5.69 Å². The maximum absolute atomic E-state index is 12.6. The van der Waals surface area contributed by atoms with E-state index < -0.39 is 21.7 Å². The molecule has 0 bridgehead atoms. The second-order valence-corrected chi connectivity index (χ2v) is 8.12. The fourth-order valence-electron chi connectivity index (χ4n) is 2.59. The summed E-state index contributed by atoms with van der Waals surface area (Å²) in [6.07, 6.45) is 1.65. The second kappa shape index (κ2) is 7.06. The van der Waals surface area contributed by atoms with Crippen molar-refractivity contribution >= 4 is 21.6 Å². The van der Waals surface area contributed by atoms with Gasteiger partial charge in [0.15, 0.2) is 5.82 Å². The first-order valence-electron chi connectivity index (χ1n) is 8.51. The van der Waals surface area contributed by atoms with Crippen LogP contribution < -0.4 is 15.8 Å². The molecule has 0 saturated heterocycles. The van der Waals surface area contributed by atoms with E-state index in [4.69, 9.17) is 0 Å². The third-order valence-electron chi connectivity index (χ3n) is 4.14. The van der Waals surface area contributed by atoms with Crippen molar-refractivity contribution < 1.29 is 17.7 Å². The van der Waals surface area contributed by atoms with Crippen LogP contribution in [-0.4, -0.2) is 30.5 Å². The second-order valence-electron chi connectivity index (χ2n) is 6.40. The van der Waals surface area contributed by atoms with Gasteiger partial charge in [-0.1, -0.05) is 23.4 Å². The molecule has 2 aromatic carbocycles. The van der Waals surface area contributed by atoms with E-state index in [1.807, 2.05) is 0 Å². The summed E-state index contributed by atoms with van der Waals surface area (Å²) in [5.41, 5.74) is 1.21. The lowest BCUT2D eigenvalue weighted by atomic mass is 10.1. The maximum atomic E-state index is 12.6. The van der Waals surface area contributed by atoms with Gasteiger partial charge in [0.1, 0.15) is 0 Å². The molecular weight excluding hydrogens is 384 g/mol. The van der Waals surface area contributed by atoms with Crippen LogP contribution in [0.1, 0.15) is 23.2 Å². The molecule has 1 aliphatic rings. The molecule has 9 nitrogen and oxygen atoms in total. The standard InChI is InChI=1S/C18H16N4O5S/c23-17(12-4-2-6-15(10-12)28(25,26)22-13-7-8-13)19-14-5-1-3-11(9-14)16-20-18(24)27-21-16/h1-6,9-10,13,22H,7-8H2,(H,19,23)(H,20,21,24). The molecule has 0 aliphatic heterocycles. The number of benzene rings is 2. The summed E-state index contributed by atoms with van der Waals surface area (Å²) in [5.74, 6) is -0.906. The van der Waals surface area contributed by atoms with E-state index in [1.54, 1.807) is 24.3 Å². The Morgan fingerprint density at radius 1 is 1.14 bits per heavy atom. The van der Waals surface area contributed by atoms with Crippen LogP contribution >= 0.6 is 0 Å². The average molecular weight is 400 g/mol. The molecule has 0 radical (unpaired) electrons. The summed E-state index contributed by atoms with van der Waals surface area (Å²) in [5, 5.41) is 6.30. The number of nitrogens with one attached hydrogen (secondary N) is 3. The molecule has 1 aliphatic carbocycles. The van der Waals surface area contributed by atoms with Gasteiger partial charge in [-0.05, 0) is 43.2 Å². The van der Waals surface area contributed by atoms with E-state index in [9.17, 15) is 18.0 Å². The van der Waals surface area contributed by atoms with Crippen LogP contribution in [-0.2, 0) is 10.0 Å². The minimum Gasteiger partial charge on any atom is -0.322 e. The van der Waals surface area contributed by atoms with Crippen LogP contribution in [0.3, 0.4) is 0 Å². The molecule has 3 aromatic rings. The zero-order chi connectivity index (χ0) is 19.7. The highest BCUT2D eigenvalue weighted by atomic mass is 32.2. The third-order valence-corrected chi connectivity index (χ3v) is 5.66. The number of rotatable bonds is 6. The Hall–Kier alpha value is -3.24. The highest BCUT2D eigenvalue weighted by Gasteiger charge is 2.28. The number of hydrogen-bond acceptors (Lipinski definition) is 6. The van der Waals surface area contributed by atoms with Crippen molar-refractivity contribution in [2.24, 2.45) is 0 Å². The van der Waals surface area contributed by atoms with Gasteiger partial charge < -0.3 is 5.32 Å². The first-order valence-corrected chi connectivity index (χ1v) is 9.99. The van der Waals surface area contributed by atoms with Crippen molar-refractivity contribution in [1.29, 1.82) is 0 Å². The minimum atomic E-state index is -3.65. The Morgan fingerprint density at radius 3 is 2.64 bits per heavy atom. The van der Waals surface area contributed by atoms with Crippen LogP contribution in [0.15, 0.2) is 62.7 Å². The lowest BCUT2D eigenvalue weighted by Crippen LogP contribution is -2.26. The summed E-state index contributed by atoms with van der Waals surface area (Å²) in [7, 11) is -3.65. The van der Waals surface area contributed by atoms with Gasteiger partial charge in [0.2, 0.25) is 10.0 Å². The number of sulfonamides is 1. The maximum Gasteiger partial charge on any atom is 0.439 e. The number of H-pyrrole nitrogens is 1. The van der Waals surface area contributed by atoms with Crippen LogP contribution in [0.2, 0.25) is 0 Å². The number of anilines is 1. The smallest absolute Gasteiger partial charge is 0.322 e. The van der Waals surface area contributed by atoms with E-state index in [1.165, 1.54) is 24.3 Å². The molecule has 0 unspecified atom stereocenters. The Kier molecular flexibility index (Phi) is 4.57. The molecule has 1 amide bonds. The molecule has 1 aromatic heterocycles. The van der Waals surface area contributed by atoms with E-state index in [-0.39, 0.29) is 22.3 Å². The van der Waals surface area contributed by atoms with E-state index >= 15 is 0 Å². The minimum absolute atomic E-state index is 0.0202. The van der Waals surface area contributed by atoms with Gasteiger partial charge in [-0.3, -0.25) is 14.3 Å². The van der Waals surface area contributed by atoms with Gasteiger partial charge in [-0.15, -0.1) is 0 Å². The van der Waals surface area contributed by atoms with Crippen LogP contribution in [0.25, 0.3) is 11.4 Å². The molecule has 1 heterocycles. The quantitative estimate of drug-likeness (QED) is 0.577. The normalized spacial score (nSPS) is 14.0. The number of amides is 1. The summed E-state index contributed by atoms with van der Waals surface area (Å²) in [4.78, 5) is 26.1. The van der Waals surface area contributed by atoms with Gasteiger partial charge in [-0.25, -0.2) is 17.9 Å². The summed E-state index contributed by atoms with van der Waals surface area (Å²) >= 11 is 0. The number of aromatic nitrogens is 2.